The molecular weight excluding hydrogens is 510 g/mol. The lowest BCUT2D eigenvalue weighted by Crippen LogP contribution is -2.47. The number of likely N-dealkylation sites (tertiary alicyclic amines) is 2. The third kappa shape index (κ3) is 6.50. The molecule has 2 aliphatic heterocycles. The molecule has 0 aliphatic carbocycles. The Morgan fingerprint density at radius 1 is 1.18 bits per heavy atom. The molecule has 2 fully saturated rings. The van der Waals surface area contributed by atoms with E-state index in [-0.39, 0.29) is 23.3 Å². The predicted molar refractivity (Wildman–Crippen MR) is 128 cm³/mol. The summed E-state index contributed by atoms with van der Waals surface area (Å²) >= 11 is 0. The van der Waals surface area contributed by atoms with Gasteiger partial charge in [0.05, 0.1) is 17.2 Å². The number of carbonyl (C=O) groups is 3. The first-order valence-electron chi connectivity index (χ1n) is 12.0. The fourth-order valence-electron chi connectivity index (χ4n) is 5.25. The van der Waals surface area contributed by atoms with Crippen LogP contribution in [0.25, 0.3) is 0 Å². The number of hydrogen-bond donors (Lipinski definition) is 1. The molecule has 0 saturated carbocycles. The van der Waals surface area contributed by atoms with Gasteiger partial charge in [-0.05, 0) is 25.0 Å². The smallest absolute Gasteiger partial charge is 0.475 e. The van der Waals surface area contributed by atoms with Crippen molar-refractivity contribution >= 4 is 17.8 Å². The van der Waals surface area contributed by atoms with Crippen LogP contribution in [0.15, 0.2) is 36.7 Å². The van der Waals surface area contributed by atoms with E-state index in [1.54, 1.807) is 40.7 Å². The first kappa shape index (κ1) is 29.1. The van der Waals surface area contributed by atoms with Gasteiger partial charge in [-0.2, -0.15) is 18.3 Å². The normalized spacial score (nSPS) is 21.7. The van der Waals surface area contributed by atoms with E-state index in [1.807, 2.05) is 19.4 Å². The number of nitrogens with zero attached hydrogens (tertiary/aromatic N) is 5. The summed E-state index contributed by atoms with van der Waals surface area (Å²) in [4.78, 5) is 41.1. The van der Waals surface area contributed by atoms with Gasteiger partial charge in [-0.1, -0.05) is 12.1 Å². The van der Waals surface area contributed by atoms with Crippen LogP contribution in [0.4, 0.5) is 17.6 Å². The monoisotopic (exact) mass is 541 g/mol. The highest BCUT2D eigenvalue weighted by atomic mass is 19.4. The van der Waals surface area contributed by atoms with Crippen LogP contribution in [-0.4, -0.2) is 93.8 Å². The molecule has 13 heteroatoms. The van der Waals surface area contributed by atoms with E-state index in [4.69, 9.17) is 9.90 Å². The number of aryl methyl sites for hydroxylation is 1. The highest BCUT2D eigenvalue weighted by Crippen LogP contribution is 2.44. The average molecular weight is 542 g/mol. The Balaban J connectivity index is 0.000000505. The molecule has 208 valence electrons. The standard InChI is InChI=1S/C23H30FN5O2.C2HF3O2/c1-26(2)22(31)23-9-6-10-29(21(30)19-7-4-5-8-20(19)24)15-18(23)14-28(16-23)13-17-11-25-27(3)12-17;3-2(4,5)1(6)7/h4-5,7-8,11-12,18H,6,9-10,13-16H2,1-3H3;(H,6,7)/t18-,23+;/m1./s1. The zero-order chi connectivity index (χ0) is 28.3. The lowest BCUT2D eigenvalue weighted by Gasteiger charge is -2.35. The van der Waals surface area contributed by atoms with E-state index in [0.717, 1.165) is 24.9 Å². The van der Waals surface area contributed by atoms with Crippen LogP contribution in [0.2, 0.25) is 0 Å². The van der Waals surface area contributed by atoms with E-state index >= 15 is 0 Å². The van der Waals surface area contributed by atoms with Crippen LogP contribution in [0.1, 0.15) is 28.8 Å². The molecular formula is C25H31F4N5O4. The van der Waals surface area contributed by atoms with Crippen molar-refractivity contribution in [3.05, 3.63) is 53.6 Å². The molecule has 2 atom stereocenters. The van der Waals surface area contributed by atoms with Crippen molar-refractivity contribution in [1.82, 2.24) is 24.5 Å². The number of carbonyl (C=O) groups excluding carboxylic acids is 2. The lowest BCUT2D eigenvalue weighted by atomic mass is 9.74. The van der Waals surface area contributed by atoms with Gasteiger partial charge in [-0.15, -0.1) is 0 Å². The van der Waals surface area contributed by atoms with Crippen molar-refractivity contribution < 1.29 is 37.1 Å². The largest absolute Gasteiger partial charge is 0.490 e. The van der Waals surface area contributed by atoms with Gasteiger partial charge in [0.25, 0.3) is 5.91 Å². The fourth-order valence-corrected chi connectivity index (χ4v) is 5.25. The number of halogens is 4. The zero-order valence-electron chi connectivity index (χ0n) is 21.4. The molecule has 0 unspecified atom stereocenters. The number of amides is 2. The maximum absolute atomic E-state index is 14.3. The Hall–Kier alpha value is -3.48. The topological polar surface area (TPSA) is 99.0 Å². The van der Waals surface area contributed by atoms with Gasteiger partial charge >= 0.3 is 12.1 Å². The number of rotatable bonds is 4. The fraction of sp³-hybridized carbons (Fsp3) is 0.520. The summed E-state index contributed by atoms with van der Waals surface area (Å²) in [6, 6.07) is 6.11. The van der Waals surface area contributed by atoms with Gasteiger partial charge in [0.1, 0.15) is 5.82 Å². The Kier molecular flexibility index (Phi) is 8.80. The van der Waals surface area contributed by atoms with E-state index in [2.05, 4.69) is 10.00 Å². The van der Waals surface area contributed by atoms with Crippen LogP contribution >= 0.6 is 0 Å². The number of benzene rings is 1. The molecule has 3 heterocycles. The third-order valence-corrected chi connectivity index (χ3v) is 6.89. The SMILES string of the molecule is CN(C)C(=O)[C@]12CCCN(C(=O)c3ccccc3F)C[C@H]1CN(Cc1cnn(C)c1)C2.O=C(O)C(F)(F)F. The molecule has 1 aromatic heterocycles. The van der Waals surface area contributed by atoms with Crippen molar-refractivity contribution in [2.45, 2.75) is 25.6 Å². The Morgan fingerprint density at radius 2 is 1.84 bits per heavy atom. The highest BCUT2D eigenvalue weighted by Gasteiger charge is 2.54. The second-order valence-corrected chi connectivity index (χ2v) is 9.88. The predicted octanol–water partition coefficient (Wildman–Crippen LogP) is 2.64. The number of carboxylic acid groups (broad SMARTS) is 1. The van der Waals surface area contributed by atoms with Crippen molar-refractivity contribution in [1.29, 1.82) is 0 Å². The van der Waals surface area contributed by atoms with E-state index in [9.17, 15) is 27.2 Å². The first-order valence-corrected chi connectivity index (χ1v) is 12.0. The minimum atomic E-state index is -5.08. The maximum Gasteiger partial charge on any atom is 0.490 e. The molecule has 4 rings (SSSR count). The number of carboxylic acids is 1. The average Bonchev–Trinajstić information content (AvgIpc) is 3.35. The van der Waals surface area contributed by atoms with Crippen LogP contribution in [0, 0.1) is 17.2 Å². The maximum atomic E-state index is 14.3. The van der Waals surface area contributed by atoms with Crippen LogP contribution in [-0.2, 0) is 23.2 Å². The minimum Gasteiger partial charge on any atom is -0.475 e. The van der Waals surface area contributed by atoms with Gasteiger partial charge in [0.15, 0.2) is 0 Å². The molecule has 2 aliphatic rings. The highest BCUT2D eigenvalue weighted by molar-refractivity contribution is 5.94. The van der Waals surface area contributed by atoms with Crippen LogP contribution in [0.5, 0.6) is 0 Å². The summed E-state index contributed by atoms with van der Waals surface area (Å²) in [5.41, 5.74) is 0.667. The third-order valence-electron chi connectivity index (χ3n) is 6.89. The molecule has 0 radical (unpaired) electrons. The van der Waals surface area contributed by atoms with Crippen LogP contribution < -0.4 is 0 Å². The molecule has 2 aromatic rings. The number of fused-ring (bicyclic) bond motifs is 1. The molecule has 1 aromatic carbocycles. The number of alkyl halides is 3. The van der Waals surface area contributed by atoms with Crippen molar-refractivity contribution in [3.63, 3.8) is 0 Å². The van der Waals surface area contributed by atoms with Gasteiger partial charge in [-0.25, -0.2) is 9.18 Å². The molecule has 9 nitrogen and oxygen atoms in total. The zero-order valence-corrected chi connectivity index (χ0v) is 21.4. The summed E-state index contributed by atoms with van der Waals surface area (Å²) in [6.07, 6.45) is 0.196. The van der Waals surface area contributed by atoms with Gasteiger partial charge < -0.3 is 14.9 Å². The molecule has 0 bridgehead atoms. The van der Waals surface area contributed by atoms with Crippen LogP contribution in [0.3, 0.4) is 0 Å². The summed E-state index contributed by atoms with van der Waals surface area (Å²) in [5, 5.41) is 11.4. The summed E-state index contributed by atoms with van der Waals surface area (Å²) in [5.74, 6) is -3.44. The minimum absolute atomic E-state index is 0.00250. The van der Waals surface area contributed by atoms with E-state index < -0.39 is 23.4 Å². The Bertz CT molecular complexity index is 1170. The van der Waals surface area contributed by atoms with E-state index in [1.165, 1.54) is 12.1 Å². The summed E-state index contributed by atoms with van der Waals surface area (Å²) in [7, 11) is 5.48. The molecule has 2 amide bonds. The van der Waals surface area contributed by atoms with Crippen molar-refractivity contribution in [2.75, 3.05) is 40.3 Å². The lowest BCUT2D eigenvalue weighted by molar-refractivity contribution is -0.192. The first-order chi connectivity index (χ1) is 17.7. The summed E-state index contributed by atoms with van der Waals surface area (Å²) < 4.78 is 47.8. The van der Waals surface area contributed by atoms with E-state index in [0.29, 0.717) is 26.2 Å². The van der Waals surface area contributed by atoms with Gasteiger partial charge in [0, 0.05) is 71.5 Å². The molecule has 1 N–H and O–H groups in total. The summed E-state index contributed by atoms with van der Waals surface area (Å²) in [6.45, 7) is 3.08. The number of aromatic nitrogens is 2. The number of hydrogen-bond acceptors (Lipinski definition) is 5. The second kappa shape index (κ2) is 11.5. The Morgan fingerprint density at radius 3 is 2.39 bits per heavy atom. The van der Waals surface area contributed by atoms with Crippen molar-refractivity contribution in [3.8, 4) is 0 Å². The second-order valence-electron chi connectivity index (χ2n) is 9.88. The van der Waals surface area contributed by atoms with Crippen molar-refractivity contribution in [2.24, 2.45) is 18.4 Å². The molecule has 38 heavy (non-hydrogen) atoms. The van der Waals surface area contributed by atoms with Gasteiger partial charge in [-0.3, -0.25) is 19.2 Å². The number of aliphatic carboxylic acids is 1. The quantitative estimate of drug-likeness (QED) is 0.598. The Labute approximate surface area is 217 Å². The molecule has 2 saturated heterocycles. The molecule has 0 spiro atoms. The van der Waals surface area contributed by atoms with Gasteiger partial charge in [0.2, 0.25) is 5.91 Å².